The van der Waals surface area contributed by atoms with E-state index in [0.717, 1.165) is 56.4 Å². The van der Waals surface area contributed by atoms with Crippen LogP contribution < -0.4 is 10.6 Å². The molecule has 1 fully saturated rings. The largest absolute Gasteiger partial charge is 0.378 e. The van der Waals surface area contributed by atoms with Crippen LogP contribution in [0.1, 0.15) is 25.0 Å². The number of morpholine rings is 1. The number of nitrogens with two attached hydrogens (primary N) is 1. The number of thiophene rings is 1. The van der Waals surface area contributed by atoms with E-state index < -0.39 is 0 Å². The molecule has 1 saturated heterocycles. The van der Waals surface area contributed by atoms with Gasteiger partial charge in [0, 0.05) is 30.5 Å². The average molecular weight is 492 g/mol. The summed E-state index contributed by atoms with van der Waals surface area (Å²) in [7, 11) is 0. The van der Waals surface area contributed by atoms with Crippen LogP contribution in [0.3, 0.4) is 0 Å². The molecule has 5 rings (SSSR count). The van der Waals surface area contributed by atoms with Crippen molar-refractivity contribution in [2.75, 3.05) is 43.2 Å². The number of carbonyl (C=O) groups excluding carboxylic acids is 1. The fourth-order valence-electron chi connectivity index (χ4n) is 4.18. The first-order chi connectivity index (χ1) is 15.4. The number of hydrogen-bond acceptors (Lipinski definition) is 10. The van der Waals surface area contributed by atoms with Crippen LogP contribution in [0, 0.1) is 0 Å². The molecular formula is C21H25N5O3S3. The van der Waals surface area contributed by atoms with Crippen molar-refractivity contribution in [1.82, 2.24) is 15.0 Å². The predicted molar refractivity (Wildman–Crippen MR) is 130 cm³/mol. The van der Waals surface area contributed by atoms with E-state index in [-0.39, 0.29) is 17.3 Å². The molecule has 0 spiro atoms. The van der Waals surface area contributed by atoms with E-state index in [1.807, 2.05) is 6.26 Å². The SMILES string of the molecule is CSc1nc(SCC(N)=O)c2sc3nc(N4CCOCC4)c4c(c3c2n1)CC(C)(C)OC4. The first kappa shape index (κ1) is 22.1. The second-order valence-electron chi connectivity index (χ2n) is 8.45. The summed E-state index contributed by atoms with van der Waals surface area (Å²) in [5.41, 5.74) is 8.46. The normalized spacial score (nSPS) is 18.3. The second kappa shape index (κ2) is 8.60. The van der Waals surface area contributed by atoms with Gasteiger partial charge in [0.05, 0.1) is 41.4 Å². The first-order valence-corrected chi connectivity index (χ1v) is 13.5. The number of carbonyl (C=O) groups is 1. The molecule has 5 heterocycles. The predicted octanol–water partition coefficient (Wildman–Crippen LogP) is 3.23. The van der Waals surface area contributed by atoms with E-state index >= 15 is 0 Å². The zero-order chi connectivity index (χ0) is 22.5. The Hall–Kier alpha value is -1.66. The Balaban J connectivity index is 1.77. The fraction of sp³-hybridized carbons (Fsp3) is 0.524. The molecule has 0 aromatic carbocycles. The smallest absolute Gasteiger partial charge is 0.227 e. The van der Waals surface area contributed by atoms with Gasteiger partial charge in [-0.15, -0.1) is 11.3 Å². The van der Waals surface area contributed by atoms with Crippen LogP contribution in [0.5, 0.6) is 0 Å². The first-order valence-electron chi connectivity index (χ1n) is 10.4. The molecule has 2 N–H and O–H groups in total. The topological polar surface area (TPSA) is 103 Å². The molecule has 0 atom stereocenters. The van der Waals surface area contributed by atoms with Crippen LogP contribution in [0.4, 0.5) is 5.82 Å². The molecule has 0 unspecified atom stereocenters. The summed E-state index contributed by atoms with van der Waals surface area (Å²) >= 11 is 4.45. The summed E-state index contributed by atoms with van der Waals surface area (Å²) < 4.78 is 12.7. The Bertz CT molecular complexity index is 1210. The number of primary amides is 1. The minimum atomic E-state index is -0.363. The van der Waals surface area contributed by atoms with Gasteiger partial charge in [-0.3, -0.25) is 4.79 Å². The van der Waals surface area contributed by atoms with Gasteiger partial charge in [-0.2, -0.15) is 0 Å². The van der Waals surface area contributed by atoms with Gasteiger partial charge < -0.3 is 20.1 Å². The number of fused-ring (bicyclic) bond motifs is 5. The number of rotatable bonds is 5. The third-order valence-corrected chi connectivity index (χ3v) is 8.42. The fourth-order valence-corrected chi connectivity index (χ4v) is 6.58. The van der Waals surface area contributed by atoms with Crippen LogP contribution >= 0.6 is 34.9 Å². The molecule has 3 aromatic rings. The summed E-state index contributed by atoms with van der Waals surface area (Å²) in [5.74, 6) is 0.805. The number of nitrogens with zero attached hydrogens (tertiary/aromatic N) is 4. The maximum atomic E-state index is 11.4. The average Bonchev–Trinajstić information content (AvgIpc) is 3.15. The summed E-state index contributed by atoms with van der Waals surface area (Å²) in [6.45, 7) is 7.81. The number of ether oxygens (including phenoxy) is 2. The highest BCUT2D eigenvalue weighted by molar-refractivity contribution is 8.00. The van der Waals surface area contributed by atoms with E-state index in [1.165, 1.54) is 29.1 Å². The Morgan fingerprint density at radius 3 is 2.72 bits per heavy atom. The molecule has 8 nitrogen and oxygen atoms in total. The van der Waals surface area contributed by atoms with Crippen LogP contribution in [0.15, 0.2) is 10.2 Å². The maximum Gasteiger partial charge on any atom is 0.227 e. The van der Waals surface area contributed by atoms with Crippen molar-refractivity contribution < 1.29 is 14.3 Å². The highest BCUT2D eigenvalue weighted by Gasteiger charge is 2.33. The number of pyridine rings is 1. The van der Waals surface area contributed by atoms with Crippen molar-refractivity contribution in [2.24, 2.45) is 5.73 Å². The van der Waals surface area contributed by atoms with Crippen molar-refractivity contribution in [2.45, 2.75) is 42.7 Å². The quantitative estimate of drug-likeness (QED) is 0.327. The van der Waals surface area contributed by atoms with E-state index in [0.29, 0.717) is 25.0 Å². The molecule has 1 amide bonds. The van der Waals surface area contributed by atoms with Crippen molar-refractivity contribution in [3.05, 3.63) is 11.1 Å². The van der Waals surface area contributed by atoms with E-state index in [9.17, 15) is 4.79 Å². The van der Waals surface area contributed by atoms with Gasteiger partial charge in [-0.1, -0.05) is 23.5 Å². The summed E-state index contributed by atoms with van der Waals surface area (Å²) in [6.07, 6.45) is 2.74. The van der Waals surface area contributed by atoms with Crippen LogP contribution in [0.25, 0.3) is 20.4 Å². The standard InChI is InChI=1S/C21H25N5O3S3/c1-21(2)8-11-12(9-29-21)17(26-4-6-28-7-5-26)24-18-14(11)15-16(32-18)19(31-10-13(22)27)25-20(23-15)30-3/h4-10H2,1-3H3,(H2,22,27). The number of amides is 1. The van der Waals surface area contributed by atoms with Gasteiger partial charge >= 0.3 is 0 Å². The zero-order valence-corrected chi connectivity index (χ0v) is 20.7. The maximum absolute atomic E-state index is 11.4. The minimum absolute atomic E-state index is 0.180. The minimum Gasteiger partial charge on any atom is -0.378 e. The third kappa shape index (κ3) is 4.05. The van der Waals surface area contributed by atoms with Gasteiger partial charge in [0.15, 0.2) is 5.16 Å². The van der Waals surface area contributed by atoms with Gasteiger partial charge in [-0.05, 0) is 25.7 Å². The van der Waals surface area contributed by atoms with Crippen LogP contribution in [-0.4, -0.2) is 64.8 Å². The monoisotopic (exact) mass is 491 g/mol. The molecule has 170 valence electrons. The highest BCUT2D eigenvalue weighted by Crippen LogP contribution is 2.45. The van der Waals surface area contributed by atoms with Crippen LogP contribution in [0.2, 0.25) is 0 Å². The summed E-state index contributed by atoms with van der Waals surface area (Å²) in [5, 5.41) is 2.56. The van der Waals surface area contributed by atoms with Crippen molar-refractivity contribution in [3.8, 4) is 0 Å². The summed E-state index contributed by atoms with van der Waals surface area (Å²) in [6, 6.07) is 0. The highest BCUT2D eigenvalue weighted by atomic mass is 32.2. The molecule has 2 aliphatic rings. The lowest BCUT2D eigenvalue weighted by molar-refractivity contribution is -0.115. The number of aromatic nitrogens is 3. The van der Waals surface area contributed by atoms with E-state index in [1.54, 1.807) is 11.3 Å². The lowest BCUT2D eigenvalue weighted by Gasteiger charge is -2.36. The molecule has 11 heteroatoms. The lowest BCUT2D eigenvalue weighted by Crippen LogP contribution is -2.39. The van der Waals surface area contributed by atoms with Crippen molar-refractivity contribution in [3.63, 3.8) is 0 Å². The summed E-state index contributed by atoms with van der Waals surface area (Å²) in [4.78, 5) is 29.4. The Morgan fingerprint density at radius 2 is 2.00 bits per heavy atom. The van der Waals surface area contributed by atoms with Crippen molar-refractivity contribution in [1.29, 1.82) is 0 Å². The Kier molecular flexibility index (Phi) is 5.95. The zero-order valence-electron chi connectivity index (χ0n) is 18.3. The number of anilines is 1. The van der Waals surface area contributed by atoms with Gasteiger partial charge in [0.25, 0.3) is 0 Å². The van der Waals surface area contributed by atoms with E-state index in [2.05, 4.69) is 23.7 Å². The molecule has 3 aromatic heterocycles. The van der Waals surface area contributed by atoms with Crippen LogP contribution in [-0.2, 0) is 27.3 Å². The molecule has 0 bridgehead atoms. The number of thioether (sulfide) groups is 2. The van der Waals surface area contributed by atoms with Crippen molar-refractivity contribution >= 4 is 67.0 Å². The third-order valence-electron chi connectivity index (χ3n) is 5.66. The Labute approximate surface area is 198 Å². The van der Waals surface area contributed by atoms with E-state index in [4.69, 9.17) is 25.2 Å². The van der Waals surface area contributed by atoms with Gasteiger partial charge in [0.2, 0.25) is 5.91 Å². The second-order valence-corrected chi connectivity index (χ2v) is 11.2. The molecular weight excluding hydrogens is 466 g/mol. The molecule has 0 aliphatic carbocycles. The lowest BCUT2D eigenvalue weighted by atomic mass is 9.90. The molecule has 0 radical (unpaired) electrons. The van der Waals surface area contributed by atoms with Gasteiger partial charge in [-0.25, -0.2) is 15.0 Å². The molecule has 2 aliphatic heterocycles. The molecule has 32 heavy (non-hydrogen) atoms. The Morgan fingerprint density at radius 1 is 1.22 bits per heavy atom. The molecule has 0 saturated carbocycles. The van der Waals surface area contributed by atoms with Gasteiger partial charge in [0.1, 0.15) is 15.7 Å². The number of hydrogen-bond donors (Lipinski definition) is 1.